The normalized spacial score (nSPS) is 17.5. The third kappa shape index (κ3) is 3.95. The van der Waals surface area contributed by atoms with E-state index in [1.807, 2.05) is 25.1 Å². The fourth-order valence-corrected chi connectivity index (χ4v) is 4.05. The predicted octanol–water partition coefficient (Wildman–Crippen LogP) is 4.53. The number of allylic oxidation sites excluding steroid dienone is 1. The molecule has 1 aliphatic carbocycles. The second-order valence-electron chi connectivity index (χ2n) is 7.83. The molecule has 4 nitrogen and oxygen atoms in total. The number of aryl methyl sites for hydroxylation is 1. The van der Waals surface area contributed by atoms with E-state index in [1.54, 1.807) is 6.07 Å². The number of amides is 1. The largest absolute Gasteiger partial charge is 0.487 e. The summed E-state index contributed by atoms with van der Waals surface area (Å²) in [5, 5.41) is 2.96. The van der Waals surface area contributed by atoms with Crippen molar-refractivity contribution in [3.63, 3.8) is 0 Å². The van der Waals surface area contributed by atoms with E-state index < -0.39 is 5.82 Å². The van der Waals surface area contributed by atoms with Gasteiger partial charge in [0.05, 0.1) is 6.54 Å². The number of carbonyl (C=O) groups excluding carboxylic acids is 2. The first kappa shape index (κ1) is 19.4. The molecule has 0 radical (unpaired) electrons. The van der Waals surface area contributed by atoms with Crippen LogP contribution in [0.3, 0.4) is 0 Å². The van der Waals surface area contributed by atoms with Gasteiger partial charge < -0.3 is 10.1 Å². The molecule has 0 saturated heterocycles. The minimum absolute atomic E-state index is 0.0290. The Morgan fingerprint density at radius 1 is 1.21 bits per heavy atom. The Labute approximate surface area is 169 Å². The standard InChI is InChI=1S/C24H24FNO3/c1-14-9-18-11-19(13-26-24(28)16-5-3-4-6-16)29-23(18)21(10-14)20-12-17(15(2)27)7-8-22(20)25/h5,7-10,12,19H,3-4,6,11,13H2,1-2H3,(H,26,28)/t19-/m1/s1. The van der Waals surface area contributed by atoms with Crippen molar-refractivity contribution in [1.82, 2.24) is 5.32 Å². The van der Waals surface area contributed by atoms with E-state index in [4.69, 9.17) is 4.74 Å². The number of hydrogen-bond donors (Lipinski definition) is 1. The lowest BCUT2D eigenvalue weighted by Crippen LogP contribution is -2.35. The third-order valence-corrected chi connectivity index (χ3v) is 5.53. The van der Waals surface area contributed by atoms with Gasteiger partial charge >= 0.3 is 0 Å². The molecule has 5 heteroatoms. The van der Waals surface area contributed by atoms with Crippen LogP contribution in [0.15, 0.2) is 42.0 Å². The summed E-state index contributed by atoms with van der Waals surface area (Å²) in [6, 6.07) is 8.31. The summed E-state index contributed by atoms with van der Waals surface area (Å²) in [6.45, 7) is 3.82. The molecule has 150 valence electrons. The molecule has 1 N–H and O–H groups in total. The molecule has 0 spiro atoms. The van der Waals surface area contributed by atoms with E-state index in [1.165, 1.54) is 19.1 Å². The van der Waals surface area contributed by atoms with Crippen LogP contribution in [-0.2, 0) is 11.2 Å². The molecular weight excluding hydrogens is 369 g/mol. The first-order valence-corrected chi connectivity index (χ1v) is 10.0. The van der Waals surface area contributed by atoms with Crippen molar-refractivity contribution >= 4 is 11.7 Å². The molecule has 1 amide bonds. The van der Waals surface area contributed by atoms with Crippen molar-refractivity contribution in [2.24, 2.45) is 0 Å². The molecule has 1 aliphatic heterocycles. The monoisotopic (exact) mass is 393 g/mol. The Balaban J connectivity index is 1.58. The number of rotatable bonds is 5. The summed E-state index contributed by atoms with van der Waals surface area (Å²) >= 11 is 0. The molecule has 2 aliphatic rings. The van der Waals surface area contributed by atoms with Crippen molar-refractivity contribution in [1.29, 1.82) is 0 Å². The van der Waals surface area contributed by atoms with Gasteiger partial charge in [0, 0.05) is 28.7 Å². The maximum absolute atomic E-state index is 14.6. The summed E-state index contributed by atoms with van der Waals surface area (Å²) < 4.78 is 20.7. The molecule has 4 rings (SSSR count). The lowest BCUT2D eigenvalue weighted by atomic mass is 9.95. The highest BCUT2D eigenvalue weighted by molar-refractivity contribution is 5.96. The Kier molecular flexibility index (Phi) is 5.22. The van der Waals surface area contributed by atoms with Gasteiger partial charge in [0.1, 0.15) is 17.7 Å². The highest BCUT2D eigenvalue weighted by Crippen LogP contribution is 2.41. The predicted molar refractivity (Wildman–Crippen MR) is 110 cm³/mol. The second-order valence-corrected chi connectivity index (χ2v) is 7.83. The fraction of sp³-hybridized carbons (Fsp3) is 0.333. The van der Waals surface area contributed by atoms with Crippen molar-refractivity contribution in [3.8, 4) is 16.9 Å². The highest BCUT2D eigenvalue weighted by atomic mass is 19.1. The number of ether oxygens (including phenoxy) is 1. The number of Topliss-reactive ketones (excluding diaryl/α,β-unsaturated/α-hetero) is 1. The molecule has 1 atom stereocenters. The van der Waals surface area contributed by atoms with E-state index in [2.05, 4.69) is 5.32 Å². The van der Waals surface area contributed by atoms with Crippen LogP contribution in [-0.4, -0.2) is 24.3 Å². The van der Waals surface area contributed by atoms with Crippen LogP contribution in [0.1, 0.15) is 47.7 Å². The number of ketones is 1. The molecule has 1 heterocycles. The van der Waals surface area contributed by atoms with Crippen LogP contribution in [0.4, 0.5) is 4.39 Å². The smallest absolute Gasteiger partial charge is 0.247 e. The maximum atomic E-state index is 14.6. The summed E-state index contributed by atoms with van der Waals surface area (Å²) in [7, 11) is 0. The molecule has 0 bridgehead atoms. The SMILES string of the molecule is CC(=O)c1ccc(F)c(-c2cc(C)cc3c2O[C@@H](CNC(=O)C2=CCCC2)C3)c1. The number of nitrogens with one attached hydrogen (secondary N) is 1. The van der Waals surface area contributed by atoms with Gasteiger partial charge in [0.25, 0.3) is 0 Å². The third-order valence-electron chi connectivity index (χ3n) is 5.53. The number of carbonyl (C=O) groups is 2. The number of halogens is 1. The topological polar surface area (TPSA) is 55.4 Å². The van der Waals surface area contributed by atoms with Crippen molar-refractivity contribution < 1.29 is 18.7 Å². The Morgan fingerprint density at radius 3 is 2.76 bits per heavy atom. The average molecular weight is 393 g/mol. The summed E-state index contributed by atoms with van der Waals surface area (Å²) in [5.74, 6) is 0.0998. The van der Waals surface area contributed by atoms with Gasteiger partial charge in [-0.1, -0.05) is 12.1 Å². The second kappa shape index (κ2) is 7.82. The van der Waals surface area contributed by atoms with Gasteiger partial charge in [0.15, 0.2) is 5.78 Å². The van der Waals surface area contributed by atoms with Crippen molar-refractivity contribution in [2.75, 3.05) is 6.54 Å². The number of hydrogen-bond acceptors (Lipinski definition) is 3. The van der Waals surface area contributed by atoms with E-state index >= 15 is 0 Å². The Hall–Kier alpha value is -2.95. The lowest BCUT2D eigenvalue weighted by Gasteiger charge is -2.15. The van der Waals surface area contributed by atoms with Crippen LogP contribution in [0.25, 0.3) is 11.1 Å². The zero-order chi connectivity index (χ0) is 20.5. The minimum atomic E-state index is -0.392. The van der Waals surface area contributed by atoms with E-state index in [0.29, 0.717) is 35.4 Å². The maximum Gasteiger partial charge on any atom is 0.247 e. The van der Waals surface area contributed by atoms with Crippen molar-refractivity contribution in [2.45, 2.75) is 45.6 Å². The van der Waals surface area contributed by atoms with Crippen LogP contribution in [0.5, 0.6) is 5.75 Å². The zero-order valence-electron chi connectivity index (χ0n) is 16.7. The number of fused-ring (bicyclic) bond motifs is 1. The molecular formula is C24H24FNO3. The minimum Gasteiger partial charge on any atom is -0.487 e. The van der Waals surface area contributed by atoms with Gasteiger partial charge in [-0.2, -0.15) is 0 Å². The molecule has 2 aromatic rings. The molecule has 0 saturated carbocycles. The van der Waals surface area contributed by atoms with Crippen LogP contribution < -0.4 is 10.1 Å². The highest BCUT2D eigenvalue weighted by Gasteiger charge is 2.28. The van der Waals surface area contributed by atoms with Gasteiger partial charge in [-0.3, -0.25) is 9.59 Å². The fourth-order valence-electron chi connectivity index (χ4n) is 4.05. The van der Waals surface area contributed by atoms with Crippen molar-refractivity contribution in [3.05, 3.63) is 64.5 Å². The van der Waals surface area contributed by atoms with Crippen LogP contribution in [0.2, 0.25) is 0 Å². The van der Waals surface area contributed by atoms with Gasteiger partial charge in [-0.05, 0) is 68.5 Å². The van der Waals surface area contributed by atoms with Crippen LogP contribution >= 0.6 is 0 Å². The molecule has 0 fully saturated rings. The first-order valence-electron chi connectivity index (χ1n) is 10.0. The first-order chi connectivity index (χ1) is 13.9. The summed E-state index contributed by atoms with van der Waals surface area (Å²) in [6.07, 6.45) is 5.26. The number of benzene rings is 2. The zero-order valence-corrected chi connectivity index (χ0v) is 16.7. The van der Waals surface area contributed by atoms with Gasteiger partial charge in [-0.15, -0.1) is 0 Å². The average Bonchev–Trinajstić information content (AvgIpc) is 3.35. The molecule has 2 aromatic carbocycles. The molecule has 0 unspecified atom stereocenters. The molecule has 0 aromatic heterocycles. The molecule has 29 heavy (non-hydrogen) atoms. The van der Waals surface area contributed by atoms with Crippen LogP contribution in [0, 0.1) is 12.7 Å². The summed E-state index contributed by atoms with van der Waals surface area (Å²) in [4.78, 5) is 24.0. The van der Waals surface area contributed by atoms with E-state index in [9.17, 15) is 14.0 Å². The quantitative estimate of drug-likeness (QED) is 0.759. The lowest BCUT2D eigenvalue weighted by molar-refractivity contribution is -0.117. The van der Waals surface area contributed by atoms with Gasteiger partial charge in [-0.25, -0.2) is 4.39 Å². The Bertz CT molecular complexity index is 1030. The van der Waals surface area contributed by atoms with E-state index in [-0.39, 0.29) is 17.8 Å². The van der Waals surface area contributed by atoms with E-state index in [0.717, 1.165) is 36.0 Å². The van der Waals surface area contributed by atoms with Gasteiger partial charge in [0.2, 0.25) is 5.91 Å². The Morgan fingerprint density at radius 2 is 2.03 bits per heavy atom. The summed E-state index contributed by atoms with van der Waals surface area (Å²) in [5.41, 5.74) is 4.30.